The maximum Gasteiger partial charge on any atom is 0.411 e. The van der Waals surface area contributed by atoms with E-state index in [1.807, 2.05) is 0 Å². The van der Waals surface area contributed by atoms with Crippen molar-refractivity contribution in [1.82, 2.24) is 10.2 Å². The third-order valence-electron chi connectivity index (χ3n) is 2.27. The van der Waals surface area contributed by atoms with Crippen LogP contribution in [-0.4, -0.2) is 56.5 Å². The number of rotatable bonds is 4. The standard InChI is InChI=1S/C9H17F3N2O/c1-8-6-14(3-2-13-8)4-5-15-7-9(10,11)12/h8,13H,2-7H2,1H3. The lowest BCUT2D eigenvalue weighted by Crippen LogP contribution is -2.50. The molecule has 90 valence electrons. The van der Waals surface area contributed by atoms with Gasteiger partial charge in [-0.1, -0.05) is 0 Å². The Hall–Kier alpha value is -0.330. The minimum atomic E-state index is -4.21. The van der Waals surface area contributed by atoms with Crippen LogP contribution < -0.4 is 5.32 Å². The van der Waals surface area contributed by atoms with E-state index >= 15 is 0 Å². The van der Waals surface area contributed by atoms with Gasteiger partial charge in [0.15, 0.2) is 0 Å². The van der Waals surface area contributed by atoms with Crippen LogP contribution in [0, 0.1) is 0 Å². The second-order valence-corrected chi connectivity index (χ2v) is 3.82. The Morgan fingerprint density at radius 2 is 2.20 bits per heavy atom. The second kappa shape index (κ2) is 5.67. The van der Waals surface area contributed by atoms with Crippen LogP contribution in [0.15, 0.2) is 0 Å². The number of ether oxygens (including phenoxy) is 1. The van der Waals surface area contributed by atoms with Crippen LogP contribution in [0.3, 0.4) is 0 Å². The molecule has 1 atom stereocenters. The molecular formula is C9H17F3N2O. The number of nitrogens with zero attached hydrogens (tertiary/aromatic N) is 1. The van der Waals surface area contributed by atoms with Crippen molar-refractivity contribution >= 4 is 0 Å². The number of piperazine rings is 1. The Balaban J connectivity index is 2.04. The highest BCUT2D eigenvalue weighted by molar-refractivity contribution is 4.74. The summed E-state index contributed by atoms with van der Waals surface area (Å²) in [4.78, 5) is 2.11. The van der Waals surface area contributed by atoms with Crippen LogP contribution in [0.1, 0.15) is 6.92 Å². The molecule has 15 heavy (non-hydrogen) atoms. The molecule has 0 spiro atoms. The maximum atomic E-state index is 11.7. The summed E-state index contributed by atoms with van der Waals surface area (Å²) in [7, 11) is 0. The van der Waals surface area contributed by atoms with Crippen molar-refractivity contribution in [3.8, 4) is 0 Å². The van der Waals surface area contributed by atoms with Gasteiger partial charge in [-0.3, -0.25) is 4.90 Å². The average molecular weight is 226 g/mol. The second-order valence-electron chi connectivity index (χ2n) is 3.82. The van der Waals surface area contributed by atoms with Crippen LogP contribution in [-0.2, 0) is 4.74 Å². The minimum Gasteiger partial charge on any atom is -0.371 e. The van der Waals surface area contributed by atoms with Crippen LogP contribution >= 0.6 is 0 Å². The largest absolute Gasteiger partial charge is 0.411 e. The summed E-state index contributed by atoms with van der Waals surface area (Å²) in [6.45, 7) is 4.27. The molecule has 1 rings (SSSR count). The van der Waals surface area contributed by atoms with E-state index in [4.69, 9.17) is 0 Å². The van der Waals surface area contributed by atoms with E-state index in [2.05, 4.69) is 21.9 Å². The summed E-state index contributed by atoms with van der Waals surface area (Å²) < 4.78 is 39.8. The summed E-state index contributed by atoms with van der Waals surface area (Å²) in [6.07, 6.45) is -4.21. The Bertz CT molecular complexity index is 187. The molecule has 0 saturated carbocycles. The van der Waals surface area contributed by atoms with Gasteiger partial charge in [0.25, 0.3) is 0 Å². The lowest BCUT2D eigenvalue weighted by molar-refractivity contribution is -0.174. The van der Waals surface area contributed by atoms with Gasteiger partial charge in [0, 0.05) is 32.2 Å². The number of halogens is 3. The molecule has 3 nitrogen and oxygen atoms in total. The van der Waals surface area contributed by atoms with Crippen molar-refractivity contribution in [2.75, 3.05) is 39.4 Å². The topological polar surface area (TPSA) is 24.5 Å². The van der Waals surface area contributed by atoms with Crippen molar-refractivity contribution in [1.29, 1.82) is 0 Å². The monoisotopic (exact) mass is 226 g/mol. The third-order valence-corrected chi connectivity index (χ3v) is 2.27. The van der Waals surface area contributed by atoms with Crippen LogP contribution in [0.2, 0.25) is 0 Å². The lowest BCUT2D eigenvalue weighted by atomic mass is 10.2. The number of alkyl halides is 3. The fourth-order valence-electron chi connectivity index (χ4n) is 1.60. The first-order valence-corrected chi connectivity index (χ1v) is 5.07. The number of hydrogen-bond donors (Lipinski definition) is 1. The maximum absolute atomic E-state index is 11.7. The Morgan fingerprint density at radius 1 is 1.47 bits per heavy atom. The first-order chi connectivity index (χ1) is 6.97. The lowest BCUT2D eigenvalue weighted by Gasteiger charge is -2.31. The summed E-state index contributed by atoms with van der Waals surface area (Å²) in [6, 6.07) is 0.404. The van der Waals surface area contributed by atoms with Gasteiger partial charge in [-0.05, 0) is 6.92 Å². The predicted molar refractivity (Wildman–Crippen MR) is 50.8 cm³/mol. The zero-order chi connectivity index (χ0) is 11.3. The van der Waals surface area contributed by atoms with E-state index < -0.39 is 12.8 Å². The normalized spacial score (nSPS) is 24.4. The zero-order valence-corrected chi connectivity index (χ0v) is 8.81. The molecule has 6 heteroatoms. The molecule has 0 aliphatic carbocycles. The molecule has 1 unspecified atom stereocenters. The number of nitrogens with one attached hydrogen (secondary N) is 1. The van der Waals surface area contributed by atoms with E-state index in [-0.39, 0.29) is 6.61 Å². The highest BCUT2D eigenvalue weighted by Crippen LogP contribution is 2.14. The molecule has 1 aliphatic heterocycles. The molecular weight excluding hydrogens is 209 g/mol. The molecule has 0 aromatic carbocycles. The van der Waals surface area contributed by atoms with E-state index in [1.165, 1.54) is 0 Å². The molecule has 0 bridgehead atoms. The predicted octanol–water partition coefficient (Wildman–Crippen LogP) is 0.859. The van der Waals surface area contributed by atoms with Crippen LogP contribution in [0.25, 0.3) is 0 Å². The summed E-state index contributed by atoms with van der Waals surface area (Å²) in [5, 5.41) is 3.26. The smallest absolute Gasteiger partial charge is 0.371 e. The Kier molecular flexibility index (Phi) is 4.82. The molecule has 0 amide bonds. The fraction of sp³-hybridized carbons (Fsp3) is 1.00. The third kappa shape index (κ3) is 5.96. The van der Waals surface area contributed by atoms with E-state index in [9.17, 15) is 13.2 Å². The van der Waals surface area contributed by atoms with Crippen molar-refractivity contribution in [3.63, 3.8) is 0 Å². The van der Waals surface area contributed by atoms with Gasteiger partial charge in [0.05, 0.1) is 6.61 Å². The van der Waals surface area contributed by atoms with Crippen molar-refractivity contribution in [3.05, 3.63) is 0 Å². The quantitative estimate of drug-likeness (QED) is 0.719. The van der Waals surface area contributed by atoms with Gasteiger partial charge in [-0.15, -0.1) is 0 Å². The highest BCUT2D eigenvalue weighted by Gasteiger charge is 2.27. The van der Waals surface area contributed by atoms with E-state index in [0.717, 1.165) is 19.6 Å². The Morgan fingerprint density at radius 3 is 2.80 bits per heavy atom. The highest BCUT2D eigenvalue weighted by atomic mass is 19.4. The van der Waals surface area contributed by atoms with E-state index in [0.29, 0.717) is 12.6 Å². The molecule has 1 heterocycles. The van der Waals surface area contributed by atoms with Gasteiger partial charge < -0.3 is 10.1 Å². The molecule has 0 aromatic heterocycles. The van der Waals surface area contributed by atoms with Gasteiger partial charge in [0.1, 0.15) is 6.61 Å². The molecule has 1 saturated heterocycles. The first kappa shape index (κ1) is 12.7. The van der Waals surface area contributed by atoms with E-state index in [1.54, 1.807) is 0 Å². The van der Waals surface area contributed by atoms with Gasteiger partial charge in [0.2, 0.25) is 0 Å². The van der Waals surface area contributed by atoms with Crippen LogP contribution in [0.5, 0.6) is 0 Å². The van der Waals surface area contributed by atoms with Crippen molar-refractivity contribution in [2.45, 2.75) is 19.1 Å². The summed E-state index contributed by atoms with van der Waals surface area (Å²) in [5.41, 5.74) is 0. The SMILES string of the molecule is CC1CN(CCOCC(F)(F)F)CCN1. The fourth-order valence-corrected chi connectivity index (χ4v) is 1.60. The summed E-state index contributed by atoms with van der Waals surface area (Å²) in [5.74, 6) is 0. The molecule has 1 aliphatic rings. The first-order valence-electron chi connectivity index (χ1n) is 5.07. The summed E-state index contributed by atoms with van der Waals surface area (Å²) >= 11 is 0. The molecule has 1 fully saturated rings. The van der Waals surface area contributed by atoms with Crippen molar-refractivity contribution in [2.24, 2.45) is 0 Å². The molecule has 0 radical (unpaired) electrons. The van der Waals surface area contributed by atoms with Gasteiger partial charge in [-0.25, -0.2) is 0 Å². The minimum absolute atomic E-state index is 0.145. The number of hydrogen-bond acceptors (Lipinski definition) is 3. The van der Waals surface area contributed by atoms with Crippen LogP contribution in [0.4, 0.5) is 13.2 Å². The molecule has 1 N–H and O–H groups in total. The zero-order valence-electron chi connectivity index (χ0n) is 8.81. The Labute approximate surface area is 87.6 Å². The van der Waals surface area contributed by atoms with Gasteiger partial charge in [-0.2, -0.15) is 13.2 Å². The average Bonchev–Trinajstić information content (AvgIpc) is 2.11. The molecule has 0 aromatic rings. The van der Waals surface area contributed by atoms with Gasteiger partial charge >= 0.3 is 6.18 Å². The van der Waals surface area contributed by atoms with Crippen molar-refractivity contribution < 1.29 is 17.9 Å².